The molecule has 0 unspecified atom stereocenters. The van der Waals surface area contributed by atoms with Crippen LogP contribution in [-0.4, -0.2) is 15.9 Å². The van der Waals surface area contributed by atoms with Gasteiger partial charge in [-0.25, -0.2) is 4.98 Å². The second-order valence-electron chi connectivity index (χ2n) is 4.74. The zero-order valence-corrected chi connectivity index (χ0v) is 11.0. The highest BCUT2D eigenvalue weighted by Gasteiger charge is 2.12. The first-order valence-corrected chi connectivity index (χ1v) is 6.52. The molecule has 96 valence electrons. The lowest BCUT2D eigenvalue weighted by atomic mass is 10.1. The largest absolute Gasteiger partial charge is 0.330 e. The molecule has 0 radical (unpaired) electrons. The van der Waals surface area contributed by atoms with Crippen LogP contribution in [0.3, 0.4) is 0 Å². The first kappa shape index (κ1) is 11.9. The average molecular weight is 251 g/mol. The summed E-state index contributed by atoms with van der Waals surface area (Å²) in [4.78, 5) is 4.77. The molecule has 3 aromatic rings. The lowest BCUT2D eigenvalue weighted by Crippen LogP contribution is -2.06. The minimum atomic E-state index is 0.626. The van der Waals surface area contributed by atoms with Crippen molar-refractivity contribution in [3.8, 4) is 11.3 Å². The molecule has 0 bridgehead atoms. The van der Waals surface area contributed by atoms with Crippen molar-refractivity contribution in [1.29, 1.82) is 0 Å². The van der Waals surface area contributed by atoms with E-state index in [1.54, 1.807) is 0 Å². The molecule has 0 aliphatic carbocycles. The number of hydrogen-bond acceptors (Lipinski definition) is 2. The maximum atomic E-state index is 5.75. The summed E-state index contributed by atoms with van der Waals surface area (Å²) in [6.45, 7) is 2.71. The van der Waals surface area contributed by atoms with Gasteiger partial charge in [-0.3, -0.25) is 0 Å². The molecule has 0 aliphatic heterocycles. The summed E-state index contributed by atoms with van der Waals surface area (Å²) in [7, 11) is 0. The van der Waals surface area contributed by atoms with Gasteiger partial charge < -0.3 is 10.1 Å². The molecule has 0 atom stereocenters. The summed E-state index contributed by atoms with van der Waals surface area (Å²) >= 11 is 0. The molecule has 0 fully saturated rings. The van der Waals surface area contributed by atoms with Gasteiger partial charge in [0.05, 0.1) is 11.4 Å². The SMILES string of the molecule is Cc1ccn2c(CCN)c(-c3ccccc3)nc2c1. The van der Waals surface area contributed by atoms with Gasteiger partial charge in [0.2, 0.25) is 0 Å². The van der Waals surface area contributed by atoms with E-state index < -0.39 is 0 Å². The molecule has 3 heteroatoms. The molecular weight excluding hydrogens is 234 g/mol. The molecule has 0 spiro atoms. The fourth-order valence-electron chi connectivity index (χ4n) is 2.40. The maximum Gasteiger partial charge on any atom is 0.137 e. The Morgan fingerprint density at radius 1 is 1.16 bits per heavy atom. The van der Waals surface area contributed by atoms with Gasteiger partial charge in [0, 0.05) is 18.2 Å². The summed E-state index contributed by atoms with van der Waals surface area (Å²) in [6, 6.07) is 14.5. The molecule has 0 amide bonds. The lowest BCUT2D eigenvalue weighted by Gasteiger charge is -2.03. The number of nitrogens with zero attached hydrogens (tertiary/aromatic N) is 2. The summed E-state index contributed by atoms with van der Waals surface area (Å²) in [5.41, 5.74) is 11.3. The standard InChI is InChI=1S/C16H17N3/c1-12-8-10-19-14(7-9-17)16(18-15(19)11-12)13-5-3-2-4-6-13/h2-6,8,10-11H,7,9,17H2,1H3. The Bertz CT molecular complexity index is 699. The summed E-state index contributed by atoms with van der Waals surface area (Å²) in [5.74, 6) is 0. The van der Waals surface area contributed by atoms with E-state index in [1.165, 1.54) is 11.3 Å². The number of pyridine rings is 1. The lowest BCUT2D eigenvalue weighted by molar-refractivity contribution is 0.906. The third-order valence-corrected chi connectivity index (χ3v) is 3.31. The Morgan fingerprint density at radius 2 is 1.95 bits per heavy atom. The number of imidazole rings is 1. The number of rotatable bonds is 3. The van der Waals surface area contributed by atoms with Gasteiger partial charge >= 0.3 is 0 Å². The highest BCUT2D eigenvalue weighted by Crippen LogP contribution is 2.24. The zero-order chi connectivity index (χ0) is 13.2. The molecule has 3 rings (SSSR count). The molecule has 3 nitrogen and oxygen atoms in total. The smallest absolute Gasteiger partial charge is 0.137 e. The quantitative estimate of drug-likeness (QED) is 0.778. The Hall–Kier alpha value is -2.13. The highest BCUT2D eigenvalue weighted by atomic mass is 15.0. The highest BCUT2D eigenvalue weighted by molar-refractivity contribution is 5.66. The van der Waals surface area contributed by atoms with E-state index in [0.717, 1.165) is 23.3 Å². The second kappa shape index (κ2) is 4.86. The number of aryl methyl sites for hydroxylation is 1. The maximum absolute atomic E-state index is 5.75. The van der Waals surface area contributed by atoms with Gasteiger partial charge in [0.25, 0.3) is 0 Å². The summed E-state index contributed by atoms with van der Waals surface area (Å²) in [6.07, 6.45) is 2.91. The fourth-order valence-corrected chi connectivity index (χ4v) is 2.40. The van der Waals surface area contributed by atoms with Gasteiger partial charge in [-0.1, -0.05) is 30.3 Å². The first-order chi connectivity index (χ1) is 9.29. The van der Waals surface area contributed by atoms with Crippen molar-refractivity contribution < 1.29 is 0 Å². The Balaban J connectivity index is 2.26. The van der Waals surface area contributed by atoms with E-state index >= 15 is 0 Å². The van der Waals surface area contributed by atoms with Crippen LogP contribution in [0.1, 0.15) is 11.3 Å². The Morgan fingerprint density at radius 3 is 2.68 bits per heavy atom. The molecule has 19 heavy (non-hydrogen) atoms. The van der Waals surface area contributed by atoms with Crippen molar-refractivity contribution in [3.63, 3.8) is 0 Å². The molecule has 0 saturated carbocycles. The number of aromatic nitrogens is 2. The van der Waals surface area contributed by atoms with Crippen LogP contribution in [0.2, 0.25) is 0 Å². The van der Waals surface area contributed by atoms with Crippen LogP contribution in [0.4, 0.5) is 0 Å². The third-order valence-electron chi connectivity index (χ3n) is 3.31. The van der Waals surface area contributed by atoms with Gasteiger partial charge in [0.1, 0.15) is 5.65 Å². The second-order valence-corrected chi connectivity index (χ2v) is 4.74. The van der Waals surface area contributed by atoms with E-state index in [9.17, 15) is 0 Å². The predicted octanol–water partition coefficient (Wildman–Crippen LogP) is 2.81. The Labute approximate surface area is 112 Å². The van der Waals surface area contributed by atoms with Crippen LogP contribution < -0.4 is 5.73 Å². The van der Waals surface area contributed by atoms with Crippen molar-refractivity contribution in [2.45, 2.75) is 13.3 Å². The van der Waals surface area contributed by atoms with Gasteiger partial charge in [-0.15, -0.1) is 0 Å². The minimum absolute atomic E-state index is 0.626. The van der Waals surface area contributed by atoms with Crippen LogP contribution in [-0.2, 0) is 6.42 Å². The third kappa shape index (κ3) is 2.13. The van der Waals surface area contributed by atoms with Crippen LogP contribution in [0.25, 0.3) is 16.9 Å². The van der Waals surface area contributed by atoms with E-state index in [4.69, 9.17) is 10.7 Å². The minimum Gasteiger partial charge on any atom is -0.330 e. The van der Waals surface area contributed by atoms with Crippen molar-refractivity contribution in [2.24, 2.45) is 5.73 Å². The van der Waals surface area contributed by atoms with Crippen molar-refractivity contribution in [1.82, 2.24) is 9.38 Å². The Kier molecular flexibility index (Phi) is 3.05. The monoisotopic (exact) mass is 251 g/mol. The number of nitrogens with two attached hydrogens (primary N) is 1. The van der Waals surface area contributed by atoms with Crippen molar-refractivity contribution in [3.05, 3.63) is 59.9 Å². The first-order valence-electron chi connectivity index (χ1n) is 6.52. The number of hydrogen-bond donors (Lipinski definition) is 1. The van der Waals surface area contributed by atoms with Crippen LogP contribution >= 0.6 is 0 Å². The summed E-state index contributed by atoms with van der Waals surface area (Å²) in [5, 5.41) is 0. The van der Waals surface area contributed by atoms with Gasteiger partial charge in [0.15, 0.2) is 0 Å². The van der Waals surface area contributed by atoms with Crippen LogP contribution in [0.5, 0.6) is 0 Å². The summed E-state index contributed by atoms with van der Waals surface area (Å²) < 4.78 is 2.14. The topological polar surface area (TPSA) is 43.3 Å². The molecular formula is C16H17N3. The van der Waals surface area contributed by atoms with E-state index in [1.807, 2.05) is 18.2 Å². The van der Waals surface area contributed by atoms with Crippen LogP contribution in [0.15, 0.2) is 48.7 Å². The van der Waals surface area contributed by atoms with E-state index in [-0.39, 0.29) is 0 Å². The molecule has 0 aliphatic rings. The molecule has 2 heterocycles. The molecule has 0 saturated heterocycles. The molecule has 2 aromatic heterocycles. The van der Waals surface area contributed by atoms with Crippen molar-refractivity contribution >= 4 is 5.65 Å². The zero-order valence-electron chi connectivity index (χ0n) is 11.0. The average Bonchev–Trinajstić information content (AvgIpc) is 2.78. The molecule has 1 aromatic carbocycles. The van der Waals surface area contributed by atoms with Gasteiger partial charge in [-0.05, 0) is 31.2 Å². The van der Waals surface area contributed by atoms with Crippen molar-refractivity contribution in [2.75, 3.05) is 6.54 Å². The van der Waals surface area contributed by atoms with E-state index in [2.05, 4.69) is 41.8 Å². The predicted molar refractivity (Wildman–Crippen MR) is 78.1 cm³/mol. The fraction of sp³-hybridized carbons (Fsp3) is 0.188. The molecule has 2 N–H and O–H groups in total. The number of benzene rings is 1. The normalized spacial score (nSPS) is 11.1. The van der Waals surface area contributed by atoms with Crippen LogP contribution in [0, 0.1) is 6.92 Å². The van der Waals surface area contributed by atoms with Gasteiger partial charge in [-0.2, -0.15) is 0 Å². The van der Waals surface area contributed by atoms with E-state index in [0.29, 0.717) is 6.54 Å². The number of fused-ring (bicyclic) bond motifs is 1.